The summed E-state index contributed by atoms with van der Waals surface area (Å²) >= 11 is 0. The van der Waals surface area contributed by atoms with E-state index in [1.54, 1.807) is 29.3 Å². The van der Waals surface area contributed by atoms with Gasteiger partial charge in [-0.2, -0.15) is 5.10 Å². The average Bonchev–Trinajstić information content (AvgIpc) is 3.13. The maximum absolute atomic E-state index is 5.82. The van der Waals surface area contributed by atoms with Crippen LogP contribution in [0.1, 0.15) is 25.7 Å². The highest BCUT2D eigenvalue weighted by atomic mass is 16.4. The molecule has 6 heteroatoms. The predicted molar refractivity (Wildman–Crippen MR) is 80.0 cm³/mol. The van der Waals surface area contributed by atoms with Gasteiger partial charge < -0.3 is 9.73 Å². The van der Waals surface area contributed by atoms with E-state index in [2.05, 4.69) is 27.3 Å². The van der Waals surface area contributed by atoms with E-state index in [4.69, 9.17) is 4.42 Å². The fourth-order valence-corrected chi connectivity index (χ4v) is 2.24. The molecule has 0 aliphatic heterocycles. The smallest absolute Gasteiger partial charge is 0.194 e. The molecular weight excluding hydrogens is 266 g/mol. The van der Waals surface area contributed by atoms with Gasteiger partial charge in [0.15, 0.2) is 11.7 Å². The number of nitrogens with one attached hydrogen (secondary N) is 1. The van der Waals surface area contributed by atoms with Gasteiger partial charge in [0.2, 0.25) is 0 Å². The van der Waals surface area contributed by atoms with Crippen molar-refractivity contribution in [3.63, 3.8) is 0 Å². The summed E-state index contributed by atoms with van der Waals surface area (Å²) in [4.78, 5) is 8.47. The zero-order valence-corrected chi connectivity index (χ0v) is 12.1. The second-order valence-electron chi connectivity index (χ2n) is 4.94. The molecule has 0 saturated carbocycles. The van der Waals surface area contributed by atoms with Crippen molar-refractivity contribution in [2.75, 3.05) is 13.1 Å². The van der Waals surface area contributed by atoms with Crippen LogP contribution in [0, 0.1) is 0 Å². The number of aryl methyl sites for hydroxylation is 1. The number of hydrogen-bond donors (Lipinski definition) is 1. The van der Waals surface area contributed by atoms with Crippen molar-refractivity contribution in [3.05, 3.63) is 36.9 Å². The van der Waals surface area contributed by atoms with Gasteiger partial charge in [-0.05, 0) is 25.9 Å². The summed E-state index contributed by atoms with van der Waals surface area (Å²) in [5, 5.41) is 7.65. The third-order valence-corrected chi connectivity index (χ3v) is 3.31. The van der Waals surface area contributed by atoms with E-state index in [0.717, 1.165) is 55.1 Å². The highest BCUT2D eigenvalue weighted by molar-refractivity contribution is 5.75. The Morgan fingerprint density at radius 2 is 2.19 bits per heavy atom. The van der Waals surface area contributed by atoms with Gasteiger partial charge in [0.05, 0.1) is 29.7 Å². The summed E-state index contributed by atoms with van der Waals surface area (Å²) in [6.07, 6.45) is 11.9. The highest BCUT2D eigenvalue weighted by Crippen LogP contribution is 2.24. The van der Waals surface area contributed by atoms with Crippen LogP contribution in [0.2, 0.25) is 0 Å². The fourth-order valence-electron chi connectivity index (χ4n) is 2.24. The maximum atomic E-state index is 5.82. The molecule has 3 aromatic rings. The lowest BCUT2D eigenvalue weighted by molar-refractivity contribution is 0.492. The highest BCUT2D eigenvalue weighted by Gasteiger charge is 2.11. The molecule has 0 saturated heterocycles. The standard InChI is InChI=1S/C15H19N5O/c1-2-5-16-6-3-4-15-18-11-14(21-15)12-9-19-20-8-7-17-10-13(12)20/h7-11,16H,2-6H2,1H3. The minimum atomic E-state index is 0.745. The quantitative estimate of drug-likeness (QED) is 0.675. The molecule has 0 spiro atoms. The molecule has 0 amide bonds. The number of oxazole rings is 1. The lowest BCUT2D eigenvalue weighted by Crippen LogP contribution is -2.16. The molecule has 21 heavy (non-hydrogen) atoms. The molecule has 110 valence electrons. The minimum absolute atomic E-state index is 0.745. The predicted octanol–water partition coefficient (Wildman–Crippen LogP) is 2.32. The zero-order valence-electron chi connectivity index (χ0n) is 12.1. The molecule has 0 unspecified atom stereocenters. The first-order valence-electron chi connectivity index (χ1n) is 7.31. The molecule has 0 aliphatic carbocycles. The van der Waals surface area contributed by atoms with Crippen molar-refractivity contribution >= 4 is 5.52 Å². The molecule has 1 N–H and O–H groups in total. The molecule has 3 heterocycles. The first-order valence-corrected chi connectivity index (χ1v) is 7.31. The van der Waals surface area contributed by atoms with Crippen LogP contribution in [-0.2, 0) is 6.42 Å². The minimum Gasteiger partial charge on any atom is -0.441 e. The number of rotatable bonds is 7. The second-order valence-corrected chi connectivity index (χ2v) is 4.94. The van der Waals surface area contributed by atoms with Gasteiger partial charge in [0, 0.05) is 18.8 Å². The Hall–Kier alpha value is -2.21. The summed E-state index contributed by atoms with van der Waals surface area (Å²) in [5.74, 6) is 1.51. The number of hydrogen-bond acceptors (Lipinski definition) is 5. The van der Waals surface area contributed by atoms with Gasteiger partial charge in [-0.3, -0.25) is 4.98 Å². The van der Waals surface area contributed by atoms with Crippen LogP contribution in [0.15, 0.2) is 35.4 Å². The zero-order chi connectivity index (χ0) is 14.5. The Labute approximate surface area is 123 Å². The Morgan fingerprint density at radius 1 is 1.24 bits per heavy atom. The molecule has 0 aliphatic rings. The van der Waals surface area contributed by atoms with E-state index in [-0.39, 0.29) is 0 Å². The number of nitrogens with zero attached hydrogens (tertiary/aromatic N) is 4. The molecule has 0 fully saturated rings. The Morgan fingerprint density at radius 3 is 3.10 bits per heavy atom. The van der Waals surface area contributed by atoms with E-state index in [0.29, 0.717) is 0 Å². The van der Waals surface area contributed by atoms with Crippen LogP contribution < -0.4 is 5.32 Å². The first-order chi connectivity index (χ1) is 10.4. The molecule has 0 bridgehead atoms. The van der Waals surface area contributed by atoms with Crippen LogP contribution >= 0.6 is 0 Å². The summed E-state index contributed by atoms with van der Waals surface area (Å²) in [6.45, 7) is 4.22. The van der Waals surface area contributed by atoms with Crippen LogP contribution in [0.3, 0.4) is 0 Å². The number of aromatic nitrogens is 4. The molecule has 0 aromatic carbocycles. The van der Waals surface area contributed by atoms with Gasteiger partial charge >= 0.3 is 0 Å². The third-order valence-electron chi connectivity index (χ3n) is 3.31. The van der Waals surface area contributed by atoms with Crippen molar-refractivity contribution in [3.8, 4) is 11.3 Å². The molecule has 3 rings (SSSR count). The summed E-state index contributed by atoms with van der Waals surface area (Å²) in [6, 6.07) is 0. The SMILES string of the molecule is CCCNCCCc1ncc(-c2cnn3ccncc23)o1. The van der Waals surface area contributed by atoms with E-state index in [1.807, 2.05) is 6.20 Å². The monoisotopic (exact) mass is 285 g/mol. The van der Waals surface area contributed by atoms with Crippen LogP contribution in [-0.4, -0.2) is 32.7 Å². The van der Waals surface area contributed by atoms with Crippen molar-refractivity contribution < 1.29 is 4.42 Å². The molecule has 6 nitrogen and oxygen atoms in total. The average molecular weight is 285 g/mol. The van der Waals surface area contributed by atoms with Gasteiger partial charge in [-0.1, -0.05) is 6.92 Å². The Balaban J connectivity index is 1.67. The topological polar surface area (TPSA) is 68.2 Å². The lowest BCUT2D eigenvalue weighted by atomic mass is 10.2. The van der Waals surface area contributed by atoms with Crippen molar-refractivity contribution in [2.45, 2.75) is 26.2 Å². The van der Waals surface area contributed by atoms with Crippen molar-refractivity contribution in [1.29, 1.82) is 0 Å². The van der Waals surface area contributed by atoms with Gasteiger partial charge in [0.1, 0.15) is 0 Å². The van der Waals surface area contributed by atoms with Gasteiger partial charge in [0.25, 0.3) is 0 Å². The molecule has 0 atom stereocenters. The summed E-state index contributed by atoms with van der Waals surface area (Å²) in [7, 11) is 0. The molecule has 3 aromatic heterocycles. The van der Waals surface area contributed by atoms with Gasteiger partial charge in [-0.25, -0.2) is 9.50 Å². The molecular formula is C15H19N5O. The van der Waals surface area contributed by atoms with Crippen LogP contribution in [0.25, 0.3) is 16.8 Å². The van der Waals surface area contributed by atoms with Gasteiger partial charge in [-0.15, -0.1) is 0 Å². The first kappa shape index (κ1) is 13.8. The van der Waals surface area contributed by atoms with E-state index in [9.17, 15) is 0 Å². The summed E-state index contributed by atoms with van der Waals surface area (Å²) < 4.78 is 7.60. The van der Waals surface area contributed by atoms with Crippen LogP contribution in [0.4, 0.5) is 0 Å². The summed E-state index contributed by atoms with van der Waals surface area (Å²) in [5.41, 5.74) is 1.84. The second kappa shape index (κ2) is 6.49. The molecule has 0 radical (unpaired) electrons. The Bertz CT molecular complexity index is 703. The third kappa shape index (κ3) is 3.11. The van der Waals surface area contributed by atoms with E-state index >= 15 is 0 Å². The number of fused-ring (bicyclic) bond motifs is 1. The van der Waals surface area contributed by atoms with Crippen molar-refractivity contribution in [2.24, 2.45) is 0 Å². The van der Waals surface area contributed by atoms with Crippen LogP contribution in [0.5, 0.6) is 0 Å². The van der Waals surface area contributed by atoms with E-state index < -0.39 is 0 Å². The van der Waals surface area contributed by atoms with E-state index in [1.165, 1.54) is 0 Å². The maximum Gasteiger partial charge on any atom is 0.194 e. The lowest BCUT2D eigenvalue weighted by Gasteiger charge is -2.00. The fraction of sp³-hybridized carbons (Fsp3) is 0.400. The normalized spacial score (nSPS) is 11.3. The van der Waals surface area contributed by atoms with Crippen molar-refractivity contribution in [1.82, 2.24) is 24.9 Å². The Kier molecular flexibility index (Phi) is 4.25. The largest absolute Gasteiger partial charge is 0.441 e.